The third-order valence-electron chi connectivity index (χ3n) is 4.13. The third-order valence-corrected chi connectivity index (χ3v) is 4.13. The lowest BCUT2D eigenvalue weighted by molar-refractivity contribution is 0.365. The molecule has 2 aromatic heterocycles. The summed E-state index contributed by atoms with van der Waals surface area (Å²) in [4.78, 5) is 0. The van der Waals surface area contributed by atoms with Gasteiger partial charge in [0.15, 0.2) is 0 Å². The summed E-state index contributed by atoms with van der Waals surface area (Å²) >= 11 is 0. The van der Waals surface area contributed by atoms with Gasteiger partial charge >= 0.3 is 0 Å². The van der Waals surface area contributed by atoms with Gasteiger partial charge in [0.2, 0.25) is 0 Å². The van der Waals surface area contributed by atoms with Gasteiger partial charge in [-0.05, 0) is 44.2 Å². The molecule has 0 amide bonds. The quantitative estimate of drug-likeness (QED) is 0.735. The van der Waals surface area contributed by atoms with Gasteiger partial charge in [0.25, 0.3) is 0 Å². The van der Waals surface area contributed by atoms with Crippen molar-refractivity contribution in [2.24, 2.45) is 0 Å². The molecule has 0 aliphatic heterocycles. The molecule has 3 rings (SSSR count). The Morgan fingerprint density at radius 3 is 2.74 bits per heavy atom. The van der Waals surface area contributed by atoms with Crippen molar-refractivity contribution in [1.82, 2.24) is 25.3 Å². The van der Waals surface area contributed by atoms with Crippen molar-refractivity contribution < 1.29 is 4.39 Å². The van der Waals surface area contributed by atoms with E-state index in [1.165, 1.54) is 12.1 Å². The van der Waals surface area contributed by atoms with Crippen molar-refractivity contribution in [3.63, 3.8) is 0 Å². The second-order valence-electron chi connectivity index (χ2n) is 5.67. The molecule has 0 unspecified atom stereocenters. The second-order valence-corrected chi connectivity index (χ2v) is 5.67. The molecular weight excluding hydrogens is 293 g/mol. The van der Waals surface area contributed by atoms with Crippen molar-refractivity contribution in [3.05, 3.63) is 60.3 Å². The van der Waals surface area contributed by atoms with Crippen LogP contribution >= 0.6 is 0 Å². The van der Waals surface area contributed by atoms with Crippen LogP contribution in [0.3, 0.4) is 0 Å². The largest absolute Gasteiger partial charge is 0.308 e. The fourth-order valence-electron chi connectivity index (χ4n) is 2.50. The predicted molar refractivity (Wildman–Crippen MR) is 87.2 cm³/mol. The van der Waals surface area contributed by atoms with E-state index >= 15 is 0 Å². The minimum Gasteiger partial charge on any atom is -0.308 e. The number of aromatic amines is 1. The molecule has 5 nitrogen and oxygen atoms in total. The molecule has 0 aliphatic rings. The van der Waals surface area contributed by atoms with Gasteiger partial charge in [0.1, 0.15) is 5.82 Å². The van der Waals surface area contributed by atoms with E-state index in [1.807, 2.05) is 16.9 Å². The van der Waals surface area contributed by atoms with Gasteiger partial charge in [-0.25, -0.2) is 4.39 Å². The van der Waals surface area contributed by atoms with Crippen LogP contribution in [0.15, 0.2) is 48.9 Å². The topological polar surface area (TPSA) is 58.5 Å². The predicted octanol–water partition coefficient (Wildman–Crippen LogP) is 3.15. The van der Waals surface area contributed by atoms with E-state index in [0.717, 1.165) is 16.8 Å². The zero-order valence-corrected chi connectivity index (χ0v) is 13.2. The Hall–Kier alpha value is -2.47. The number of hydrogen-bond donors (Lipinski definition) is 2. The van der Waals surface area contributed by atoms with Gasteiger partial charge in [-0.2, -0.15) is 10.2 Å². The van der Waals surface area contributed by atoms with Gasteiger partial charge in [-0.15, -0.1) is 0 Å². The van der Waals surface area contributed by atoms with Gasteiger partial charge in [0.05, 0.1) is 17.9 Å². The van der Waals surface area contributed by atoms with Crippen LogP contribution in [-0.4, -0.2) is 26.0 Å². The highest BCUT2D eigenvalue weighted by Gasteiger charge is 2.15. The molecule has 1 aromatic carbocycles. The van der Waals surface area contributed by atoms with Crippen molar-refractivity contribution in [2.75, 3.05) is 0 Å². The first-order valence-electron chi connectivity index (χ1n) is 7.66. The summed E-state index contributed by atoms with van der Waals surface area (Å²) < 4.78 is 15.0. The Balaban J connectivity index is 1.67. The summed E-state index contributed by atoms with van der Waals surface area (Å²) in [6.07, 6.45) is 5.55. The maximum Gasteiger partial charge on any atom is 0.123 e. The van der Waals surface area contributed by atoms with Crippen molar-refractivity contribution >= 4 is 0 Å². The standard InChI is InChI=1S/C17H20FN5/c1-12(13(2)23-9-3-8-21-23)19-10-15-11-20-22-17(15)14-4-6-16(18)7-5-14/h3-9,11-13,19H,10H2,1-2H3,(H,20,22)/t12-,13+/m1/s1. The van der Waals surface area contributed by atoms with Gasteiger partial charge in [-0.1, -0.05) is 0 Å². The molecule has 2 atom stereocenters. The summed E-state index contributed by atoms with van der Waals surface area (Å²) in [5.41, 5.74) is 2.89. The maximum atomic E-state index is 13.1. The average Bonchev–Trinajstić information content (AvgIpc) is 3.24. The van der Waals surface area contributed by atoms with Crippen LogP contribution in [0.25, 0.3) is 11.3 Å². The molecule has 6 heteroatoms. The van der Waals surface area contributed by atoms with E-state index in [-0.39, 0.29) is 17.9 Å². The van der Waals surface area contributed by atoms with Crippen molar-refractivity contribution in [3.8, 4) is 11.3 Å². The highest BCUT2D eigenvalue weighted by molar-refractivity contribution is 5.62. The minimum atomic E-state index is -0.241. The van der Waals surface area contributed by atoms with Gasteiger partial charge in [-0.3, -0.25) is 9.78 Å². The minimum absolute atomic E-state index is 0.241. The number of nitrogens with one attached hydrogen (secondary N) is 2. The lowest BCUT2D eigenvalue weighted by atomic mass is 10.1. The summed E-state index contributed by atoms with van der Waals surface area (Å²) in [5, 5.41) is 14.9. The van der Waals surface area contributed by atoms with Crippen molar-refractivity contribution in [2.45, 2.75) is 32.5 Å². The number of H-pyrrole nitrogens is 1. The first-order chi connectivity index (χ1) is 11.1. The Labute approximate surface area is 134 Å². The highest BCUT2D eigenvalue weighted by atomic mass is 19.1. The summed E-state index contributed by atoms with van der Waals surface area (Å²) in [7, 11) is 0. The molecule has 0 fully saturated rings. The second kappa shape index (κ2) is 6.75. The normalized spacial score (nSPS) is 13.9. The summed E-state index contributed by atoms with van der Waals surface area (Å²) in [6, 6.07) is 8.82. The van der Waals surface area contributed by atoms with E-state index in [4.69, 9.17) is 0 Å². The van der Waals surface area contributed by atoms with Crippen molar-refractivity contribution in [1.29, 1.82) is 0 Å². The fraction of sp³-hybridized carbons (Fsp3) is 0.294. The van der Waals surface area contributed by atoms with Gasteiger partial charge in [0, 0.05) is 36.1 Å². The smallest absolute Gasteiger partial charge is 0.123 e. The van der Waals surface area contributed by atoms with Crippen LogP contribution in [0.4, 0.5) is 4.39 Å². The molecule has 3 aromatic rings. The number of nitrogens with zero attached hydrogens (tertiary/aromatic N) is 3. The van der Waals surface area contributed by atoms with Crippen LogP contribution in [0, 0.1) is 5.82 Å². The Morgan fingerprint density at radius 1 is 1.26 bits per heavy atom. The Bertz CT molecular complexity index is 733. The molecule has 23 heavy (non-hydrogen) atoms. The number of benzene rings is 1. The third kappa shape index (κ3) is 3.48. The van der Waals surface area contributed by atoms with E-state index in [2.05, 4.69) is 34.5 Å². The van der Waals surface area contributed by atoms with Crippen LogP contribution in [0.2, 0.25) is 0 Å². The summed E-state index contributed by atoms with van der Waals surface area (Å²) in [6.45, 7) is 4.93. The average molecular weight is 313 g/mol. The lowest BCUT2D eigenvalue weighted by Crippen LogP contribution is -2.33. The van der Waals surface area contributed by atoms with Gasteiger partial charge < -0.3 is 5.32 Å². The maximum absolute atomic E-state index is 13.1. The Morgan fingerprint density at radius 2 is 2.04 bits per heavy atom. The fourth-order valence-corrected chi connectivity index (χ4v) is 2.50. The molecule has 0 radical (unpaired) electrons. The highest BCUT2D eigenvalue weighted by Crippen LogP contribution is 2.21. The van der Waals surface area contributed by atoms with Crippen LogP contribution in [-0.2, 0) is 6.54 Å². The molecule has 120 valence electrons. The number of hydrogen-bond acceptors (Lipinski definition) is 3. The van der Waals surface area contributed by atoms with E-state index in [0.29, 0.717) is 6.54 Å². The molecule has 0 saturated carbocycles. The molecule has 0 saturated heterocycles. The van der Waals surface area contributed by atoms with Crippen LogP contribution < -0.4 is 5.32 Å². The molecule has 2 N–H and O–H groups in total. The van der Waals surface area contributed by atoms with Crippen LogP contribution in [0.1, 0.15) is 25.5 Å². The number of aromatic nitrogens is 4. The summed E-state index contributed by atoms with van der Waals surface area (Å²) in [5.74, 6) is -0.241. The number of halogens is 1. The molecule has 0 bridgehead atoms. The SMILES string of the molecule is C[C@@H](NCc1cn[nH]c1-c1ccc(F)cc1)[C@H](C)n1cccn1. The zero-order chi connectivity index (χ0) is 16.2. The molecule has 0 spiro atoms. The van der Waals surface area contributed by atoms with Crippen LogP contribution in [0.5, 0.6) is 0 Å². The van der Waals surface area contributed by atoms with E-state index in [9.17, 15) is 4.39 Å². The molecule has 0 aliphatic carbocycles. The van der Waals surface area contributed by atoms with E-state index < -0.39 is 0 Å². The molecule has 2 heterocycles. The Kier molecular flexibility index (Phi) is 4.52. The molecular formula is C17H20FN5. The zero-order valence-electron chi connectivity index (χ0n) is 13.2. The monoisotopic (exact) mass is 313 g/mol. The lowest BCUT2D eigenvalue weighted by Gasteiger charge is -2.21. The first-order valence-corrected chi connectivity index (χ1v) is 7.66. The number of rotatable bonds is 6. The van der Waals surface area contributed by atoms with E-state index in [1.54, 1.807) is 24.5 Å². The first kappa shape index (κ1) is 15.4.